The van der Waals surface area contributed by atoms with E-state index in [2.05, 4.69) is 10.1 Å². The van der Waals surface area contributed by atoms with Crippen LogP contribution in [0.5, 0.6) is 0 Å². The standard InChI is InChI=1S/C19H22ClN3O3S/c20-14-6-2-1-5-13(14)19-21-17(22-26-19)11-27-12-18(24)23-9-10-25-16-8-4-3-7-15(16)23/h1-2,5-6,15-16H,3-4,7-12H2. The Hall–Kier alpha value is -1.57. The lowest BCUT2D eigenvalue weighted by atomic mass is 9.90. The number of nitrogens with zero attached hydrogens (tertiary/aromatic N) is 3. The van der Waals surface area contributed by atoms with Crippen LogP contribution in [0.1, 0.15) is 31.5 Å². The summed E-state index contributed by atoms with van der Waals surface area (Å²) >= 11 is 7.67. The van der Waals surface area contributed by atoms with E-state index < -0.39 is 0 Å². The monoisotopic (exact) mass is 407 g/mol. The maximum atomic E-state index is 12.7. The summed E-state index contributed by atoms with van der Waals surface area (Å²) in [6.45, 7) is 1.34. The first-order chi connectivity index (χ1) is 13.2. The van der Waals surface area contributed by atoms with Crippen molar-refractivity contribution in [2.75, 3.05) is 18.9 Å². The van der Waals surface area contributed by atoms with Gasteiger partial charge in [0.25, 0.3) is 5.89 Å². The van der Waals surface area contributed by atoms with E-state index in [1.165, 1.54) is 24.6 Å². The predicted molar refractivity (Wildman–Crippen MR) is 105 cm³/mol. The second kappa shape index (κ2) is 8.63. The van der Waals surface area contributed by atoms with E-state index in [0.717, 1.165) is 18.4 Å². The lowest BCUT2D eigenvalue weighted by molar-refractivity contribution is -0.146. The summed E-state index contributed by atoms with van der Waals surface area (Å²) in [5, 5.41) is 4.57. The van der Waals surface area contributed by atoms with Crippen molar-refractivity contribution in [1.82, 2.24) is 15.0 Å². The average molecular weight is 408 g/mol. The normalized spacial score (nSPS) is 22.5. The number of benzene rings is 1. The highest BCUT2D eigenvalue weighted by molar-refractivity contribution is 7.99. The van der Waals surface area contributed by atoms with Gasteiger partial charge in [0.05, 0.1) is 40.8 Å². The van der Waals surface area contributed by atoms with Crippen molar-refractivity contribution in [2.45, 2.75) is 43.6 Å². The molecule has 1 aliphatic heterocycles. The molecule has 0 radical (unpaired) electrons. The summed E-state index contributed by atoms with van der Waals surface area (Å²) in [5.41, 5.74) is 0.718. The minimum Gasteiger partial charge on any atom is -0.374 e. The first kappa shape index (κ1) is 18.8. The van der Waals surface area contributed by atoms with Crippen molar-refractivity contribution in [2.24, 2.45) is 0 Å². The van der Waals surface area contributed by atoms with Gasteiger partial charge in [-0.05, 0) is 25.0 Å². The summed E-state index contributed by atoms with van der Waals surface area (Å²) in [6, 6.07) is 7.61. The molecular weight excluding hydrogens is 386 g/mol. The smallest absolute Gasteiger partial charge is 0.259 e. The number of aromatic nitrogens is 2. The van der Waals surface area contributed by atoms with E-state index in [4.69, 9.17) is 20.9 Å². The summed E-state index contributed by atoms with van der Waals surface area (Å²) in [4.78, 5) is 19.1. The lowest BCUT2D eigenvalue weighted by Gasteiger charge is -2.43. The van der Waals surface area contributed by atoms with Crippen molar-refractivity contribution in [3.63, 3.8) is 0 Å². The molecule has 0 spiro atoms. The number of carbonyl (C=O) groups excluding carboxylic acids is 1. The Labute approximate surface area is 167 Å². The molecule has 8 heteroatoms. The van der Waals surface area contributed by atoms with E-state index in [1.807, 2.05) is 23.1 Å². The number of ether oxygens (including phenoxy) is 1. The van der Waals surface area contributed by atoms with Crippen LogP contribution < -0.4 is 0 Å². The number of halogens is 1. The lowest BCUT2D eigenvalue weighted by Crippen LogP contribution is -2.55. The van der Waals surface area contributed by atoms with Crippen LogP contribution >= 0.6 is 23.4 Å². The van der Waals surface area contributed by atoms with Crippen molar-refractivity contribution in [3.05, 3.63) is 35.1 Å². The van der Waals surface area contributed by atoms with Gasteiger partial charge in [0, 0.05) is 6.54 Å². The largest absolute Gasteiger partial charge is 0.374 e. The minimum atomic E-state index is 0.176. The van der Waals surface area contributed by atoms with Crippen LogP contribution in [-0.4, -0.2) is 52.0 Å². The van der Waals surface area contributed by atoms with Gasteiger partial charge in [0.2, 0.25) is 5.91 Å². The molecule has 2 fully saturated rings. The molecule has 1 aromatic carbocycles. The third kappa shape index (κ3) is 4.31. The molecule has 1 saturated heterocycles. The fourth-order valence-corrected chi connectivity index (χ4v) is 4.73. The SMILES string of the molecule is O=C(CSCc1noc(-c2ccccc2Cl)n1)N1CCOC2CCCCC21. The Morgan fingerprint density at radius 1 is 1.30 bits per heavy atom. The van der Waals surface area contributed by atoms with Crippen molar-refractivity contribution in [3.8, 4) is 11.5 Å². The van der Waals surface area contributed by atoms with Gasteiger partial charge in [0.15, 0.2) is 5.82 Å². The van der Waals surface area contributed by atoms with Gasteiger partial charge in [0.1, 0.15) is 0 Å². The summed E-state index contributed by atoms with van der Waals surface area (Å²) in [6.07, 6.45) is 4.71. The molecule has 1 aromatic heterocycles. The van der Waals surface area contributed by atoms with Gasteiger partial charge in [-0.1, -0.05) is 41.7 Å². The second-order valence-electron chi connectivity index (χ2n) is 6.84. The predicted octanol–water partition coefficient (Wildman–Crippen LogP) is 3.79. The fraction of sp³-hybridized carbons (Fsp3) is 0.526. The zero-order valence-electron chi connectivity index (χ0n) is 15.0. The van der Waals surface area contributed by atoms with Gasteiger partial charge < -0.3 is 14.2 Å². The highest BCUT2D eigenvalue weighted by atomic mass is 35.5. The highest BCUT2D eigenvalue weighted by Crippen LogP contribution is 2.29. The molecule has 2 unspecified atom stereocenters. The quantitative estimate of drug-likeness (QED) is 0.751. The molecular formula is C19H22ClN3O3S. The molecule has 27 heavy (non-hydrogen) atoms. The molecule has 2 atom stereocenters. The average Bonchev–Trinajstić information content (AvgIpc) is 3.16. The Bertz CT molecular complexity index is 798. The molecule has 144 valence electrons. The number of hydrogen-bond acceptors (Lipinski definition) is 6. The second-order valence-corrected chi connectivity index (χ2v) is 8.23. The van der Waals surface area contributed by atoms with Crippen LogP contribution in [0.15, 0.2) is 28.8 Å². The zero-order chi connectivity index (χ0) is 18.6. The van der Waals surface area contributed by atoms with E-state index in [0.29, 0.717) is 41.4 Å². The number of morpholine rings is 1. The number of hydrogen-bond donors (Lipinski definition) is 0. The summed E-state index contributed by atoms with van der Waals surface area (Å²) < 4.78 is 11.2. The summed E-state index contributed by atoms with van der Waals surface area (Å²) in [7, 11) is 0. The Kier molecular flexibility index (Phi) is 6.00. The number of amides is 1. The first-order valence-electron chi connectivity index (χ1n) is 9.28. The summed E-state index contributed by atoms with van der Waals surface area (Å²) in [5.74, 6) is 2.09. The first-order valence-corrected chi connectivity index (χ1v) is 10.8. The number of fused-ring (bicyclic) bond motifs is 1. The van der Waals surface area contributed by atoms with Gasteiger partial charge in [-0.2, -0.15) is 4.98 Å². The third-order valence-electron chi connectivity index (χ3n) is 5.08. The topological polar surface area (TPSA) is 68.5 Å². The van der Waals surface area contributed by atoms with E-state index in [1.54, 1.807) is 6.07 Å². The van der Waals surface area contributed by atoms with Crippen molar-refractivity contribution >= 4 is 29.3 Å². The van der Waals surface area contributed by atoms with Crippen LogP contribution in [0, 0.1) is 0 Å². The van der Waals surface area contributed by atoms with Gasteiger partial charge in [-0.15, -0.1) is 11.8 Å². The molecule has 4 rings (SSSR count). The molecule has 2 heterocycles. The number of rotatable bonds is 5. The van der Waals surface area contributed by atoms with Crippen LogP contribution in [-0.2, 0) is 15.3 Å². The van der Waals surface area contributed by atoms with Gasteiger partial charge >= 0.3 is 0 Å². The maximum Gasteiger partial charge on any atom is 0.259 e. The molecule has 0 N–H and O–H groups in total. The fourth-order valence-electron chi connectivity index (χ4n) is 3.78. The van der Waals surface area contributed by atoms with E-state index >= 15 is 0 Å². The van der Waals surface area contributed by atoms with Crippen molar-refractivity contribution < 1.29 is 14.1 Å². The molecule has 6 nitrogen and oxygen atoms in total. The highest BCUT2D eigenvalue weighted by Gasteiger charge is 2.36. The molecule has 2 aliphatic rings. The van der Waals surface area contributed by atoms with Gasteiger partial charge in [-0.3, -0.25) is 4.79 Å². The molecule has 1 saturated carbocycles. The third-order valence-corrected chi connectivity index (χ3v) is 6.32. The maximum absolute atomic E-state index is 12.7. The van der Waals surface area contributed by atoms with Crippen molar-refractivity contribution in [1.29, 1.82) is 0 Å². The Morgan fingerprint density at radius 3 is 3.04 bits per heavy atom. The molecule has 1 aliphatic carbocycles. The molecule has 0 bridgehead atoms. The molecule has 2 aromatic rings. The van der Waals surface area contributed by atoms with Gasteiger partial charge in [-0.25, -0.2) is 0 Å². The van der Waals surface area contributed by atoms with Crippen LogP contribution in [0.3, 0.4) is 0 Å². The number of thioether (sulfide) groups is 1. The minimum absolute atomic E-state index is 0.176. The molecule has 1 amide bonds. The van der Waals surface area contributed by atoms with Crippen LogP contribution in [0.2, 0.25) is 5.02 Å². The van der Waals surface area contributed by atoms with E-state index in [9.17, 15) is 4.79 Å². The van der Waals surface area contributed by atoms with Crippen LogP contribution in [0.25, 0.3) is 11.5 Å². The van der Waals surface area contributed by atoms with E-state index in [-0.39, 0.29) is 18.1 Å². The van der Waals surface area contributed by atoms with Crippen LogP contribution in [0.4, 0.5) is 0 Å². The number of carbonyl (C=O) groups is 1. The Balaban J connectivity index is 1.31. The zero-order valence-corrected chi connectivity index (χ0v) is 16.5. The Morgan fingerprint density at radius 2 is 2.15 bits per heavy atom.